The molecule has 180 valence electrons. The molecule has 0 saturated carbocycles. The van der Waals surface area contributed by atoms with Crippen molar-refractivity contribution in [1.82, 2.24) is 10.2 Å². The maximum Gasteiger partial charge on any atom is 0.242 e. The number of sulfonamides is 1. The molecule has 2 aromatic rings. The highest BCUT2D eigenvalue weighted by molar-refractivity contribution is 7.92. The summed E-state index contributed by atoms with van der Waals surface area (Å²) in [6.07, 6.45) is 1.52. The van der Waals surface area contributed by atoms with Crippen LogP contribution < -0.4 is 9.62 Å². The number of nitrogens with one attached hydrogen (secondary N) is 1. The van der Waals surface area contributed by atoms with Crippen LogP contribution in [0.15, 0.2) is 42.5 Å². The number of carbonyl (C=O) groups is 2. The van der Waals surface area contributed by atoms with E-state index in [1.54, 1.807) is 25.1 Å². The number of halogens is 1. The van der Waals surface area contributed by atoms with Crippen molar-refractivity contribution in [2.75, 3.05) is 24.2 Å². The number of carbonyl (C=O) groups excluding carboxylic acids is 2. The van der Waals surface area contributed by atoms with E-state index in [1.807, 2.05) is 38.1 Å². The van der Waals surface area contributed by atoms with Crippen LogP contribution in [-0.4, -0.2) is 51.0 Å². The van der Waals surface area contributed by atoms with E-state index in [1.165, 1.54) is 16.3 Å². The number of aryl methyl sites for hydroxylation is 2. The van der Waals surface area contributed by atoms with Crippen LogP contribution >= 0.6 is 11.6 Å². The largest absolute Gasteiger partial charge is 0.357 e. The molecule has 33 heavy (non-hydrogen) atoms. The highest BCUT2D eigenvalue weighted by Crippen LogP contribution is 2.27. The van der Waals surface area contributed by atoms with Crippen molar-refractivity contribution in [3.8, 4) is 0 Å². The van der Waals surface area contributed by atoms with Gasteiger partial charge in [0.25, 0.3) is 0 Å². The molecule has 0 fully saturated rings. The van der Waals surface area contributed by atoms with Gasteiger partial charge >= 0.3 is 0 Å². The summed E-state index contributed by atoms with van der Waals surface area (Å²) >= 11 is 6.08. The van der Waals surface area contributed by atoms with Crippen LogP contribution in [0.2, 0.25) is 5.02 Å². The minimum atomic E-state index is -3.58. The second-order valence-corrected chi connectivity index (χ2v) is 10.5. The Morgan fingerprint density at radius 2 is 1.73 bits per heavy atom. The lowest BCUT2D eigenvalue weighted by atomic mass is 10.1. The molecular formula is C24H32ClN3O4S. The molecule has 0 aromatic heterocycles. The summed E-state index contributed by atoms with van der Waals surface area (Å²) < 4.78 is 26.2. The lowest BCUT2D eigenvalue weighted by Gasteiger charge is -2.29. The van der Waals surface area contributed by atoms with Gasteiger partial charge in [-0.1, -0.05) is 47.5 Å². The van der Waals surface area contributed by atoms with E-state index in [-0.39, 0.29) is 31.3 Å². The zero-order chi connectivity index (χ0) is 24.8. The molecule has 0 aliphatic rings. The number of nitrogens with zero attached hydrogens (tertiary/aromatic N) is 2. The Morgan fingerprint density at radius 3 is 2.30 bits per heavy atom. The van der Waals surface area contributed by atoms with Crippen molar-refractivity contribution in [2.45, 2.75) is 46.2 Å². The topological polar surface area (TPSA) is 86.8 Å². The van der Waals surface area contributed by atoms with Crippen LogP contribution in [0, 0.1) is 13.8 Å². The molecule has 1 atom stereocenters. The fourth-order valence-corrected chi connectivity index (χ4v) is 4.70. The molecular weight excluding hydrogens is 462 g/mol. The SMILES string of the molecule is CNC(=O)[C@@H](C)N(Cc1ccc(C)cc1)C(=O)CCCN(c1cc(Cl)ccc1C)S(C)(=O)=O. The van der Waals surface area contributed by atoms with Crippen molar-refractivity contribution < 1.29 is 18.0 Å². The fourth-order valence-electron chi connectivity index (χ4n) is 3.52. The first-order valence-electron chi connectivity index (χ1n) is 10.7. The summed E-state index contributed by atoms with van der Waals surface area (Å²) in [5, 5.41) is 3.02. The third-order valence-electron chi connectivity index (χ3n) is 5.48. The number of amides is 2. The lowest BCUT2D eigenvalue weighted by Crippen LogP contribution is -2.46. The zero-order valence-corrected chi connectivity index (χ0v) is 21.3. The van der Waals surface area contributed by atoms with E-state index in [9.17, 15) is 18.0 Å². The predicted molar refractivity (Wildman–Crippen MR) is 133 cm³/mol. The summed E-state index contributed by atoms with van der Waals surface area (Å²) in [6, 6.07) is 12.2. The number of benzene rings is 2. The van der Waals surface area contributed by atoms with Gasteiger partial charge in [0, 0.05) is 31.6 Å². The molecule has 0 saturated heterocycles. The van der Waals surface area contributed by atoms with Crippen molar-refractivity contribution in [2.24, 2.45) is 0 Å². The number of hydrogen-bond acceptors (Lipinski definition) is 4. The van der Waals surface area contributed by atoms with Gasteiger partial charge in [-0.2, -0.15) is 0 Å². The summed E-state index contributed by atoms with van der Waals surface area (Å²) in [5.74, 6) is -0.481. The van der Waals surface area contributed by atoms with E-state index in [0.29, 0.717) is 17.1 Å². The van der Waals surface area contributed by atoms with Crippen LogP contribution in [0.1, 0.15) is 36.5 Å². The van der Waals surface area contributed by atoms with Gasteiger partial charge < -0.3 is 10.2 Å². The molecule has 0 heterocycles. The molecule has 0 unspecified atom stereocenters. The zero-order valence-electron chi connectivity index (χ0n) is 19.8. The van der Waals surface area contributed by atoms with E-state index >= 15 is 0 Å². The van der Waals surface area contributed by atoms with Gasteiger partial charge in [0.1, 0.15) is 6.04 Å². The first-order chi connectivity index (χ1) is 15.4. The molecule has 7 nitrogen and oxygen atoms in total. The molecule has 0 spiro atoms. The van der Waals surface area contributed by atoms with Crippen molar-refractivity contribution >= 4 is 39.1 Å². The van der Waals surface area contributed by atoms with Crippen LogP contribution in [0.4, 0.5) is 5.69 Å². The second kappa shape index (κ2) is 11.5. The van der Waals surface area contributed by atoms with E-state index in [0.717, 1.165) is 22.9 Å². The molecule has 0 aliphatic carbocycles. The van der Waals surface area contributed by atoms with Gasteiger partial charge in [0.05, 0.1) is 11.9 Å². The number of anilines is 1. The molecule has 0 aliphatic heterocycles. The molecule has 2 amide bonds. The fraction of sp³-hybridized carbons (Fsp3) is 0.417. The Hall–Kier alpha value is -2.58. The minimum Gasteiger partial charge on any atom is -0.357 e. The third-order valence-corrected chi connectivity index (χ3v) is 6.89. The maximum atomic E-state index is 13.1. The van der Waals surface area contributed by atoms with Crippen LogP contribution in [-0.2, 0) is 26.2 Å². The minimum absolute atomic E-state index is 0.0961. The average molecular weight is 494 g/mol. The monoisotopic (exact) mass is 493 g/mol. The smallest absolute Gasteiger partial charge is 0.242 e. The lowest BCUT2D eigenvalue weighted by molar-refractivity contribution is -0.140. The summed E-state index contributed by atoms with van der Waals surface area (Å²) in [6.45, 7) is 5.89. The number of likely N-dealkylation sites (N-methyl/N-ethyl adjacent to an activating group) is 1. The number of rotatable bonds is 10. The summed E-state index contributed by atoms with van der Waals surface area (Å²) in [5.41, 5.74) is 3.28. The predicted octanol–water partition coefficient (Wildman–Crippen LogP) is 3.67. The van der Waals surface area contributed by atoms with E-state index in [4.69, 9.17) is 11.6 Å². The molecule has 1 N–H and O–H groups in total. The van der Waals surface area contributed by atoms with Gasteiger partial charge in [-0.3, -0.25) is 13.9 Å². The van der Waals surface area contributed by atoms with Gasteiger partial charge in [0.2, 0.25) is 21.8 Å². The molecule has 9 heteroatoms. The normalized spacial score (nSPS) is 12.2. The van der Waals surface area contributed by atoms with Gasteiger partial charge in [0.15, 0.2) is 0 Å². The Balaban J connectivity index is 2.17. The quantitative estimate of drug-likeness (QED) is 0.547. The van der Waals surface area contributed by atoms with Crippen LogP contribution in [0.5, 0.6) is 0 Å². The Labute approximate surface area is 201 Å². The summed E-state index contributed by atoms with van der Waals surface area (Å²) in [7, 11) is -2.04. The van der Waals surface area contributed by atoms with Crippen molar-refractivity contribution in [3.05, 3.63) is 64.2 Å². The Bertz CT molecular complexity index is 1090. The average Bonchev–Trinajstić information content (AvgIpc) is 2.76. The molecule has 0 bridgehead atoms. The Kier molecular flexibility index (Phi) is 9.31. The summed E-state index contributed by atoms with van der Waals surface area (Å²) in [4.78, 5) is 26.9. The highest BCUT2D eigenvalue weighted by Gasteiger charge is 2.26. The Morgan fingerprint density at radius 1 is 1.09 bits per heavy atom. The highest BCUT2D eigenvalue weighted by atomic mass is 35.5. The third kappa shape index (κ3) is 7.47. The van der Waals surface area contributed by atoms with Gasteiger partial charge in [-0.25, -0.2) is 8.42 Å². The molecule has 2 aromatic carbocycles. The first kappa shape index (κ1) is 26.7. The maximum absolute atomic E-state index is 13.1. The number of hydrogen-bond donors (Lipinski definition) is 1. The second-order valence-electron chi connectivity index (χ2n) is 8.17. The van der Waals surface area contributed by atoms with Crippen molar-refractivity contribution in [1.29, 1.82) is 0 Å². The van der Waals surface area contributed by atoms with Crippen molar-refractivity contribution in [3.63, 3.8) is 0 Å². The van der Waals surface area contributed by atoms with Gasteiger partial charge in [-0.05, 0) is 50.5 Å². The van der Waals surface area contributed by atoms with E-state index in [2.05, 4.69) is 5.32 Å². The van der Waals surface area contributed by atoms with Gasteiger partial charge in [-0.15, -0.1) is 0 Å². The van der Waals surface area contributed by atoms with E-state index < -0.39 is 16.1 Å². The van der Waals surface area contributed by atoms with Crippen LogP contribution in [0.3, 0.4) is 0 Å². The van der Waals surface area contributed by atoms with Crippen LogP contribution in [0.25, 0.3) is 0 Å². The standard InChI is InChI=1S/C24H32ClN3O4S/c1-17-8-11-20(12-9-17)16-27(19(3)24(30)26-4)23(29)7-6-14-28(33(5,31)32)22-15-21(25)13-10-18(22)2/h8-13,15,19H,6-7,14,16H2,1-5H3,(H,26,30)/t19-/m1/s1. The first-order valence-corrected chi connectivity index (χ1v) is 13.0. The molecule has 2 rings (SSSR count). The molecule has 0 radical (unpaired) electrons.